The van der Waals surface area contributed by atoms with Crippen LogP contribution in [0.15, 0.2) is 77.7 Å². The number of rotatable bonds is 11. The van der Waals surface area contributed by atoms with Gasteiger partial charge in [-0.3, -0.25) is 13.9 Å². The Bertz CT molecular complexity index is 1360. The van der Waals surface area contributed by atoms with Gasteiger partial charge in [-0.1, -0.05) is 66.0 Å². The van der Waals surface area contributed by atoms with E-state index in [2.05, 4.69) is 5.32 Å². The summed E-state index contributed by atoms with van der Waals surface area (Å²) >= 11 is 6.16. The summed E-state index contributed by atoms with van der Waals surface area (Å²) < 4.78 is 28.7. The molecule has 3 rings (SSSR count). The number of carbonyl (C=O) groups excluding carboxylic acids is 2. The summed E-state index contributed by atoms with van der Waals surface area (Å²) in [7, 11) is -4.09. The quantitative estimate of drug-likeness (QED) is 0.357. The van der Waals surface area contributed by atoms with Crippen molar-refractivity contribution in [1.82, 2.24) is 10.2 Å². The number of aryl methyl sites for hydroxylation is 2. The van der Waals surface area contributed by atoms with Gasteiger partial charge in [0.15, 0.2) is 0 Å². The third-order valence-electron chi connectivity index (χ3n) is 6.17. The molecule has 0 aromatic heterocycles. The zero-order valence-corrected chi connectivity index (χ0v) is 23.7. The van der Waals surface area contributed by atoms with Crippen molar-refractivity contribution in [2.45, 2.75) is 51.6 Å². The molecule has 0 bridgehead atoms. The van der Waals surface area contributed by atoms with Crippen LogP contribution in [0.4, 0.5) is 5.69 Å². The van der Waals surface area contributed by atoms with Crippen LogP contribution in [0.25, 0.3) is 0 Å². The first-order chi connectivity index (χ1) is 18.0. The maximum absolute atomic E-state index is 13.8. The van der Waals surface area contributed by atoms with E-state index in [1.165, 1.54) is 17.0 Å². The van der Waals surface area contributed by atoms with Gasteiger partial charge in [0, 0.05) is 18.1 Å². The van der Waals surface area contributed by atoms with Crippen molar-refractivity contribution < 1.29 is 18.0 Å². The number of nitrogens with zero attached hydrogens (tertiary/aromatic N) is 2. The Balaban J connectivity index is 2.01. The average Bonchev–Trinajstić information content (AvgIpc) is 2.89. The molecule has 3 aromatic carbocycles. The van der Waals surface area contributed by atoms with Crippen LogP contribution >= 0.6 is 11.6 Å². The van der Waals surface area contributed by atoms with Gasteiger partial charge in [-0.15, -0.1) is 0 Å². The second-order valence-corrected chi connectivity index (χ2v) is 11.6. The predicted octanol–water partition coefficient (Wildman–Crippen LogP) is 5.10. The number of halogens is 1. The summed E-state index contributed by atoms with van der Waals surface area (Å²) in [4.78, 5) is 28.2. The Labute approximate surface area is 230 Å². The number of nitrogens with one attached hydrogen (secondary N) is 1. The molecule has 2 amide bonds. The molecule has 1 N–H and O–H groups in total. The molecule has 1 atom stereocenters. The lowest BCUT2D eigenvalue weighted by Crippen LogP contribution is -2.51. The van der Waals surface area contributed by atoms with Gasteiger partial charge in [0.2, 0.25) is 11.8 Å². The first-order valence-corrected chi connectivity index (χ1v) is 14.3. The van der Waals surface area contributed by atoms with E-state index >= 15 is 0 Å². The van der Waals surface area contributed by atoms with Crippen molar-refractivity contribution in [3.05, 3.63) is 94.5 Å². The van der Waals surface area contributed by atoms with Crippen LogP contribution in [0, 0.1) is 13.8 Å². The summed E-state index contributed by atoms with van der Waals surface area (Å²) in [6.45, 7) is 7.43. The van der Waals surface area contributed by atoms with Gasteiger partial charge in [-0.2, -0.15) is 0 Å². The molecule has 0 fully saturated rings. The number of hydrogen-bond donors (Lipinski definition) is 1. The summed E-state index contributed by atoms with van der Waals surface area (Å²) in [5.41, 5.74) is 2.96. The highest BCUT2D eigenvalue weighted by Gasteiger charge is 2.32. The van der Waals surface area contributed by atoms with Gasteiger partial charge in [-0.25, -0.2) is 8.42 Å². The van der Waals surface area contributed by atoms with E-state index in [-0.39, 0.29) is 17.3 Å². The predicted molar refractivity (Wildman–Crippen MR) is 152 cm³/mol. The Kier molecular flexibility index (Phi) is 9.94. The lowest BCUT2D eigenvalue weighted by Gasteiger charge is -2.32. The number of amides is 2. The molecule has 0 spiro atoms. The van der Waals surface area contributed by atoms with E-state index < -0.39 is 28.5 Å². The van der Waals surface area contributed by atoms with E-state index in [9.17, 15) is 18.0 Å². The maximum atomic E-state index is 13.8. The minimum Gasteiger partial charge on any atom is -0.354 e. The number of benzene rings is 3. The zero-order chi connectivity index (χ0) is 27.9. The molecule has 0 radical (unpaired) electrons. The normalized spacial score (nSPS) is 12.0. The fraction of sp³-hybridized carbons (Fsp3) is 0.310. The SMILES string of the molecule is CCCNC(=O)[C@H](C)N(Cc1cccc(Cl)c1)C(=O)CN(c1ccc(C)cc1)S(=O)(=O)c1ccc(C)cc1. The van der Waals surface area contributed by atoms with Crippen LogP contribution in [0.5, 0.6) is 0 Å². The van der Waals surface area contributed by atoms with Crippen molar-refractivity contribution in [3.63, 3.8) is 0 Å². The fourth-order valence-corrected chi connectivity index (χ4v) is 5.51. The Morgan fingerprint density at radius 1 is 0.947 bits per heavy atom. The molecule has 7 nitrogen and oxygen atoms in total. The molecule has 0 aliphatic rings. The first-order valence-electron chi connectivity index (χ1n) is 12.5. The summed E-state index contributed by atoms with van der Waals surface area (Å²) in [6.07, 6.45) is 0.747. The third kappa shape index (κ3) is 7.36. The number of anilines is 1. The molecular weight excluding hydrogens is 522 g/mol. The Hall–Kier alpha value is -3.36. The van der Waals surface area contributed by atoms with Crippen LogP contribution in [-0.2, 0) is 26.2 Å². The van der Waals surface area contributed by atoms with Crippen molar-refractivity contribution in [3.8, 4) is 0 Å². The molecule has 9 heteroatoms. The van der Waals surface area contributed by atoms with Gasteiger partial charge in [0.1, 0.15) is 12.6 Å². The van der Waals surface area contributed by atoms with Crippen LogP contribution in [0.2, 0.25) is 5.02 Å². The zero-order valence-electron chi connectivity index (χ0n) is 22.1. The Morgan fingerprint density at radius 3 is 2.13 bits per heavy atom. The van der Waals surface area contributed by atoms with E-state index in [1.807, 2.05) is 26.8 Å². The number of sulfonamides is 1. The highest BCUT2D eigenvalue weighted by atomic mass is 35.5. The van der Waals surface area contributed by atoms with Gasteiger partial charge in [-0.05, 0) is 69.2 Å². The van der Waals surface area contributed by atoms with Crippen LogP contribution in [0.3, 0.4) is 0 Å². The molecule has 0 unspecified atom stereocenters. The standard InChI is InChI=1S/C29H34ClN3O4S/c1-5-17-31-29(35)23(4)32(19-24-7-6-8-25(30)18-24)28(34)20-33(26-13-9-21(2)10-14-26)38(36,37)27-15-11-22(3)12-16-27/h6-16,18,23H,5,17,19-20H2,1-4H3,(H,31,35)/t23-/m0/s1. The van der Waals surface area contributed by atoms with Crippen LogP contribution in [0.1, 0.15) is 37.0 Å². The van der Waals surface area contributed by atoms with E-state index in [4.69, 9.17) is 11.6 Å². The summed E-state index contributed by atoms with van der Waals surface area (Å²) in [6, 6.07) is 19.6. The molecule has 0 saturated carbocycles. The van der Waals surface area contributed by atoms with Gasteiger partial charge in [0.05, 0.1) is 10.6 Å². The summed E-state index contributed by atoms with van der Waals surface area (Å²) in [5, 5.41) is 3.33. The van der Waals surface area contributed by atoms with E-state index in [0.29, 0.717) is 17.3 Å². The van der Waals surface area contributed by atoms with E-state index in [0.717, 1.165) is 27.4 Å². The van der Waals surface area contributed by atoms with Gasteiger partial charge < -0.3 is 10.2 Å². The first kappa shape index (κ1) is 29.2. The fourth-order valence-electron chi connectivity index (χ4n) is 3.89. The Morgan fingerprint density at radius 2 is 1.55 bits per heavy atom. The van der Waals surface area contributed by atoms with Gasteiger partial charge in [0.25, 0.3) is 10.0 Å². The maximum Gasteiger partial charge on any atom is 0.264 e. The second-order valence-electron chi connectivity index (χ2n) is 9.28. The third-order valence-corrected chi connectivity index (χ3v) is 8.19. The highest BCUT2D eigenvalue weighted by Crippen LogP contribution is 2.25. The highest BCUT2D eigenvalue weighted by molar-refractivity contribution is 7.92. The molecule has 0 saturated heterocycles. The van der Waals surface area contributed by atoms with Crippen molar-refractivity contribution in [2.75, 3.05) is 17.4 Å². The average molecular weight is 556 g/mol. The molecule has 3 aromatic rings. The topological polar surface area (TPSA) is 86.8 Å². The molecule has 0 heterocycles. The number of carbonyl (C=O) groups is 2. The molecule has 38 heavy (non-hydrogen) atoms. The summed E-state index contributed by atoms with van der Waals surface area (Å²) in [5.74, 6) is -0.828. The molecule has 202 valence electrons. The molecule has 0 aliphatic carbocycles. The largest absolute Gasteiger partial charge is 0.354 e. The van der Waals surface area contributed by atoms with Crippen molar-refractivity contribution >= 4 is 39.1 Å². The lowest BCUT2D eigenvalue weighted by atomic mass is 10.1. The van der Waals surface area contributed by atoms with Crippen LogP contribution in [-0.4, -0.2) is 44.3 Å². The van der Waals surface area contributed by atoms with Crippen molar-refractivity contribution in [1.29, 1.82) is 0 Å². The number of hydrogen-bond acceptors (Lipinski definition) is 4. The van der Waals surface area contributed by atoms with Crippen LogP contribution < -0.4 is 9.62 Å². The smallest absolute Gasteiger partial charge is 0.264 e. The lowest BCUT2D eigenvalue weighted by molar-refractivity contribution is -0.139. The second kappa shape index (κ2) is 12.9. The molecular formula is C29H34ClN3O4S. The minimum absolute atomic E-state index is 0.0756. The van der Waals surface area contributed by atoms with Gasteiger partial charge >= 0.3 is 0 Å². The van der Waals surface area contributed by atoms with E-state index in [1.54, 1.807) is 61.5 Å². The molecule has 0 aliphatic heterocycles. The van der Waals surface area contributed by atoms with Crippen molar-refractivity contribution in [2.24, 2.45) is 0 Å². The monoisotopic (exact) mass is 555 g/mol. The minimum atomic E-state index is -4.09.